The van der Waals surface area contributed by atoms with Crippen LogP contribution in [-0.4, -0.2) is 42.5 Å². The first kappa shape index (κ1) is 17.2. The summed E-state index contributed by atoms with van der Waals surface area (Å²) in [6.45, 7) is 3.67. The fraction of sp³-hybridized carbons (Fsp3) is 0.529. The number of amides is 3. The highest BCUT2D eigenvalue weighted by Crippen LogP contribution is 2.10. The Morgan fingerprint density at radius 1 is 1.39 bits per heavy atom. The summed E-state index contributed by atoms with van der Waals surface area (Å²) in [5.74, 6) is -0.106. The zero-order valence-electron chi connectivity index (χ0n) is 13.5. The van der Waals surface area contributed by atoms with Crippen LogP contribution in [0.3, 0.4) is 0 Å². The van der Waals surface area contributed by atoms with Crippen molar-refractivity contribution < 1.29 is 14.0 Å². The highest BCUT2D eigenvalue weighted by atomic mass is 19.1. The SMILES string of the molecule is CCC(=O)N1CC[C@@H](NC(=O)NCCCc2cccc(F)c2)C1. The third kappa shape index (κ3) is 5.54. The summed E-state index contributed by atoms with van der Waals surface area (Å²) >= 11 is 0. The van der Waals surface area contributed by atoms with E-state index in [0.29, 0.717) is 26.1 Å². The molecule has 2 rings (SSSR count). The standard InChI is InChI=1S/C17H24FN3O2/c1-2-16(22)21-10-8-15(12-21)20-17(23)19-9-4-6-13-5-3-7-14(18)11-13/h3,5,7,11,15H,2,4,6,8-10,12H2,1H3,(H2,19,20,23)/t15-/m1/s1. The Morgan fingerprint density at radius 2 is 2.22 bits per heavy atom. The molecule has 3 amide bonds. The van der Waals surface area contributed by atoms with Gasteiger partial charge in [0.25, 0.3) is 0 Å². The molecule has 126 valence electrons. The lowest BCUT2D eigenvalue weighted by Gasteiger charge is -2.16. The number of carbonyl (C=O) groups is 2. The van der Waals surface area contributed by atoms with Gasteiger partial charge in [-0.3, -0.25) is 4.79 Å². The van der Waals surface area contributed by atoms with Gasteiger partial charge in [-0.15, -0.1) is 0 Å². The summed E-state index contributed by atoms with van der Waals surface area (Å²) in [7, 11) is 0. The molecule has 23 heavy (non-hydrogen) atoms. The molecule has 1 saturated heterocycles. The van der Waals surface area contributed by atoms with Crippen LogP contribution in [-0.2, 0) is 11.2 Å². The zero-order chi connectivity index (χ0) is 16.7. The monoisotopic (exact) mass is 321 g/mol. The van der Waals surface area contributed by atoms with Crippen LogP contribution >= 0.6 is 0 Å². The Kier molecular flexibility index (Phi) is 6.38. The predicted molar refractivity (Wildman–Crippen MR) is 86.5 cm³/mol. The van der Waals surface area contributed by atoms with E-state index in [1.165, 1.54) is 12.1 Å². The van der Waals surface area contributed by atoms with Crippen molar-refractivity contribution in [2.45, 2.75) is 38.6 Å². The van der Waals surface area contributed by atoms with Crippen molar-refractivity contribution >= 4 is 11.9 Å². The number of urea groups is 1. The Hall–Kier alpha value is -2.11. The Balaban J connectivity index is 1.61. The molecule has 5 nitrogen and oxygen atoms in total. The third-order valence-corrected chi connectivity index (χ3v) is 4.00. The van der Waals surface area contributed by atoms with Crippen LogP contribution in [0, 0.1) is 5.82 Å². The molecule has 0 unspecified atom stereocenters. The van der Waals surface area contributed by atoms with E-state index in [1.807, 2.05) is 13.0 Å². The van der Waals surface area contributed by atoms with Crippen molar-refractivity contribution in [3.8, 4) is 0 Å². The van der Waals surface area contributed by atoms with E-state index in [0.717, 1.165) is 24.8 Å². The molecule has 0 radical (unpaired) electrons. The summed E-state index contributed by atoms with van der Waals surface area (Å²) in [4.78, 5) is 25.2. The number of benzene rings is 1. The maximum atomic E-state index is 13.0. The normalized spacial score (nSPS) is 17.1. The van der Waals surface area contributed by atoms with Crippen molar-refractivity contribution in [3.05, 3.63) is 35.6 Å². The van der Waals surface area contributed by atoms with Crippen LogP contribution < -0.4 is 10.6 Å². The minimum atomic E-state index is -0.236. The zero-order valence-corrected chi connectivity index (χ0v) is 13.5. The Labute approximate surface area is 136 Å². The smallest absolute Gasteiger partial charge is 0.315 e. The molecule has 6 heteroatoms. The number of hydrogen-bond acceptors (Lipinski definition) is 2. The van der Waals surface area contributed by atoms with E-state index in [2.05, 4.69) is 10.6 Å². The Bertz CT molecular complexity index is 550. The molecule has 1 atom stereocenters. The van der Waals surface area contributed by atoms with Gasteiger partial charge in [0, 0.05) is 32.1 Å². The second kappa shape index (κ2) is 8.50. The summed E-state index contributed by atoms with van der Waals surface area (Å²) in [5.41, 5.74) is 0.928. The molecule has 0 aliphatic carbocycles. The molecule has 0 spiro atoms. The van der Waals surface area contributed by atoms with E-state index in [4.69, 9.17) is 0 Å². The minimum Gasteiger partial charge on any atom is -0.341 e. The molecule has 2 N–H and O–H groups in total. The summed E-state index contributed by atoms with van der Waals surface area (Å²) < 4.78 is 13.0. The van der Waals surface area contributed by atoms with Crippen molar-refractivity contribution in [2.24, 2.45) is 0 Å². The average molecular weight is 321 g/mol. The van der Waals surface area contributed by atoms with Gasteiger partial charge in [0.15, 0.2) is 0 Å². The van der Waals surface area contributed by atoms with Crippen molar-refractivity contribution in [1.82, 2.24) is 15.5 Å². The maximum Gasteiger partial charge on any atom is 0.315 e. The van der Waals surface area contributed by atoms with Crippen LogP contribution in [0.5, 0.6) is 0 Å². The van der Waals surface area contributed by atoms with Gasteiger partial charge in [0.2, 0.25) is 5.91 Å². The van der Waals surface area contributed by atoms with E-state index >= 15 is 0 Å². The highest BCUT2D eigenvalue weighted by Gasteiger charge is 2.26. The lowest BCUT2D eigenvalue weighted by molar-refractivity contribution is -0.129. The van der Waals surface area contributed by atoms with Crippen molar-refractivity contribution in [2.75, 3.05) is 19.6 Å². The first-order chi connectivity index (χ1) is 11.1. The minimum absolute atomic E-state index is 0.0220. The van der Waals surface area contributed by atoms with Crippen LogP contribution in [0.4, 0.5) is 9.18 Å². The highest BCUT2D eigenvalue weighted by molar-refractivity contribution is 5.77. The summed E-state index contributed by atoms with van der Waals surface area (Å²) in [6, 6.07) is 6.31. The molecular weight excluding hydrogens is 297 g/mol. The van der Waals surface area contributed by atoms with Gasteiger partial charge < -0.3 is 15.5 Å². The Morgan fingerprint density at radius 3 is 2.96 bits per heavy atom. The molecule has 1 aliphatic heterocycles. The second-order valence-electron chi connectivity index (χ2n) is 5.81. The first-order valence-electron chi connectivity index (χ1n) is 8.15. The quantitative estimate of drug-likeness (QED) is 0.788. The van der Waals surface area contributed by atoms with Gasteiger partial charge in [-0.05, 0) is 37.0 Å². The fourth-order valence-corrected chi connectivity index (χ4v) is 2.75. The first-order valence-corrected chi connectivity index (χ1v) is 8.15. The van der Waals surface area contributed by atoms with Gasteiger partial charge in [-0.25, -0.2) is 9.18 Å². The van der Waals surface area contributed by atoms with E-state index < -0.39 is 0 Å². The van der Waals surface area contributed by atoms with Gasteiger partial charge in [-0.2, -0.15) is 0 Å². The largest absolute Gasteiger partial charge is 0.341 e. The molecular formula is C17H24FN3O2. The van der Waals surface area contributed by atoms with Crippen LogP contribution in [0.1, 0.15) is 31.7 Å². The molecule has 1 heterocycles. The number of carbonyl (C=O) groups excluding carboxylic acids is 2. The lowest BCUT2D eigenvalue weighted by atomic mass is 10.1. The third-order valence-electron chi connectivity index (χ3n) is 4.00. The second-order valence-corrected chi connectivity index (χ2v) is 5.81. The van der Waals surface area contributed by atoms with Crippen LogP contribution in [0.25, 0.3) is 0 Å². The number of rotatable bonds is 6. The van der Waals surface area contributed by atoms with Gasteiger partial charge in [0.1, 0.15) is 5.82 Å². The topological polar surface area (TPSA) is 61.4 Å². The van der Waals surface area contributed by atoms with Gasteiger partial charge in [-0.1, -0.05) is 19.1 Å². The number of nitrogens with zero attached hydrogens (tertiary/aromatic N) is 1. The molecule has 0 bridgehead atoms. The average Bonchev–Trinajstić information content (AvgIpc) is 2.99. The molecule has 0 aromatic heterocycles. The molecule has 1 aromatic carbocycles. The van der Waals surface area contributed by atoms with Crippen molar-refractivity contribution in [1.29, 1.82) is 0 Å². The number of nitrogens with one attached hydrogen (secondary N) is 2. The number of aryl methyl sites for hydroxylation is 1. The van der Waals surface area contributed by atoms with Crippen LogP contribution in [0.2, 0.25) is 0 Å². The summed E-state index contributed by atoms with van der Waals surface area (Å²) in [5, 5.41) is 5.70. The van der Waals surface area contributed by atoms with Gasteiger partial charge >= 0.3 is 6.03 Å². The number of halogens is 1. The molecule has 1 aromatic rings. The fourth-order valence-electron chi connectivity index (χ4n) is 2.75. The van der Waals surface area contributed by atoms with Gasteiger partial charge in [0.05, 0.1) is 0 Å². The predicted octanol–water partition coefficient (Wildman–Crippen LogP) is 2.07. The van der Waals surface area contributed by atoms with Crippen molar-refractivity contribution in [3.63, 3.8) is 0 Å². The van der Waals surface area contributed by atoms with E-state index in [9.17, 15) is 14.0 Å². The maximum absolute atomic E-state index is 13.0. The van der Waals surface area contributed by atoms with E-state index in [1.54, 1.807) is 11.0 Å². The summed E-state index contributed by atoms with van der Waals surface area (Å²) in [6.07, 6.45) is 2.77. The lowest BCUT2D eigenvalue weighted by Crippen LogP contribution is -2.44. The van der Waals surface area contributed by atoms with Crippen LogP contribution in [0.15, 0.2) is 24.3 Å². The van der Waals surface area contributed by atoms with E-state index in [-0.39, 0.29) is 23.8 Å². The number of hydrogen-bond donors (Lipinski definition) is 2. The molecule has 0 saturated carbocycles. The number of likely N-dealkylation sites (tertiary alicyclic amines) is 1. The molecule has 1 aliphatic rings. The molecule has 1 fully saturated rings.